The van der Waals surface area contributed by atoms with Crippen molar-refractivity contribution in [2.45, 2.75) is 45.4 Å². The van der Waals surface area contributed by atoms with Crippen LogP contribution in [0.2, 0.25) is 0 Å². The second-order valence-corrected chi connectivity index (χ2v) is 6.70. The molecule has 0 unspecified atom stereocenters. The maximum Gasteiger partial charge on any atom is 0.237 e. The van der Waals surface area contributed by atoms with Gasteiger partial charge in [0.1, 0.15) is 17.4 Å². The van der Waals surface area contributed by atoms with Gasteiger partial charge in [-0.05, 0) is 19.9 Å². The van der Waals surface area contributed by atoms with E-state index in [2.05, 4.69) is 25.0 Å². The van der Waals surface area contributed by atoms with Gasteiger partial charge < -0.3 is 14.6 Å². The number of nitrogens with zero attached hydrogens (tertiary/aromatic N) is 4. The highest BCUT2D eigenvalue weighted by atomic mass is 16.5. The standard InChI is InChI=1S/C18H23N5O2/c1-12(22-8-9-23-13(2)20-21-17(23)11-22)18(24)19-15-7-10-25-16-6-4-3-5-14(15)16/h3-6,12,15H,7-11H2,1-2H3,(H,19,24)/t12-,15+/m0/s1. The number of amides is 1. The highest BCUT2D eigenvalue weighted by Crippen LogP contribution is 2.31. The number of carbonyl (C=O) groups is 1. The van der Waals surface area contributed by atoms with Crippen LogP contribution in [-0.4, -0.2) is 44.8 Å². The number of benzene rings is 1. The van der Waals surface area contributed by atoms with Crippen LogP contribution in [0.1, 0.15) is 36.6 Å². The van der Waals surface area contributed by atoms with Crippen molar-refractivity contribution in [3.05, 3.63) is 41.5 Å². The summed E-state index contributed by atoms with van der Waals surface area (Å²) in [6, 6.07) is 7.72. The molecule has 7 heteroatoms. The van der Waals surface area contributed by atoms with Crippen molar-refractivity contribution in [3.8, 4) is 5.75 Å². The Kier molecular flexibility index (Phi) is 4.17. The molecule has 0 saturated heterocycles. The largest absolute Gasteiger partial charge is 0.493 e. The summed E-state index contributed by atoms with van der Waals surface area (Å²) in [5.74, 6) is 2.78. The van der Waals surface area contributed by atoms with E-state index in [1.54, 1.807) is 0 Å². The SMILES string of the molecule is Cc1nnc2n1CCN([C@@H](C)C(=O)N[C@@H]1CCOc3ccccc31)C2. The highest BCUT2D eigenvalue weighted by molar-refractivity contribution is 5.81. The predicted molar refractivity (Wildman–Crippen MR) is 92.1 cm³/mol. The van der Waals surface area contributed by atoms with Gasteiger partial charge in [-0.2, -0.15) is 0 Å². The van der Waals surface area contributed by atoms with Gasteiger partial charge in [0.2, 0.25) is 5.91 Å². The number of hydrogen-bond donors (Lipinski definition) is 1. The van der Waals surface area contributed by atoms with E-state index in [-0.39, 0.29) is 18.0 Å². The maximum atomic E-state index is 12.8. The van der Waals surface area contributed by atoms with Gasteiger partial charge in [0.05, 0.1) is 25.2 Å². The van der Waals surface area contributed by atoms with Gasteiger partial charge in [-0.3, -0.25) is 9.69 Å². The fraction of sp³-hybridized carbons (Fsp3) is 0.500. The van der Waals surface area contributed by atoms with E-state index in [9.17, 15) is 4.79 Å². The number of aryl methyl sites for hydroxylation is 1. The minimum absolute atomic E-state index is 0.00980. The number of aromatic nitrogens is 3. The average molecular weight is 341 g/mol. The zero-order valence-electron chi connectivity index (χ0n) is 14.6. The van der Waals surface area contributed by atoms with Crippen molar-refractivity contribution < 1.29 is 9.53 Å². The van der Waals surface area contributed by atoms with Crippen molar-refractivity contribution in [3.63, 3.8) is 0 Å². The Morgan fingerprint density at radius 1 is 1.32 bits per heavy atom. The van der Waals surface area contributed by atoms with Crippen LogP contribution in [0.25, 0.3) is 0 Å². The van der Waals surface area contributed by atoms with E-state index in [0.717, 1.165) is 42.5 Å². The Hall–Kier alpha value is -2.41. The molecule has 0 bridgehead atoms. The first kappa shape index (κ1) is 16.1. The van der Waals surface area contributed by atoms with Crippen molar-refractivity contribution in [1.29, 1.82) is 0 Å². The Balaban J connectivity index is 1.44. The van der Waals surface area contributed by atoms with E-state index in [1.807, 2.05) is 38.1 Å². The quantitative estimate of drug-likeness (QED) is 0.914. The van der Waals surface area contributed by atoms with Crippen LogP contribution in [0.3, 0.4) is 0 Å². The molecule has 0 aliphatic carbocycles. The fourth-order valence-corrected chi connectivity index (χ4v) is 3.60. The summed E-state index contributed by atoms with van der Waals surface area (Å²) >= 11 is 0. The molecule has 0 fully saturated rings. The fourth-order valence-electron chi connectivity index (χ4n) is 3.60. The summed E-state index contributed by atoms with van der Waals surface area (Å²) in [5.41, 5.74) is 1.06. The number of hydrogen-bond acceptors (Lipinski definition) is 5. The third-order valence-corrected chi connectivity index (χ3v) is 5.17. The van der Waals surface area contributed by atoms with Crippen LogP contribution in [0.15, 0.2) is 24.3 Å². The third-order valence-electron chi connectivity index (χ3n) is 5.17. The van der Waals surface area contributed by atoms with E-state index >= 15 is 0 Å². The van der Waals surface area contributed by atoms with Crippen molar-refractivity contribution in [2.24, 2.45) is 0 Å². The van der Waals surface area contributed by atoms with Gasteiger partial charge in [0.15, 0.2) is 0 Å². The molecule has 1 aromatic heterocycles. The lowest BCUT2D eigenvalue weighted by Crippen LogP contribution is -2.49. The number of rotatable bonds is 3. The van der Waals surface area contributed by atoms with E-state index < -0.39 is 0 Å². The first-order valence-corrected chi connectivity index (χ1v) is 8.78. The number of para-hydroxylation sites is 1. The maximum absolute atomic E-state index is 12.8. The molecule has 7 nitrogen and oxygen atoms in total. The molecule has 25 heavy (non-hydrogen) atoms. The molecule has 2 atom stereocenters. The number of fused-ring (bicyclic) bond motifs is 2. The molecule has 132 valence electrons. The monoisotopic (exact) mass is 341 g/mol. The van der Waals surface area contributed by atoms with Crippen LogP contribution >= 0.6 is 0 Å². The van der Waals surface area contributed by atoms with Crippen LogP contribution in [-0.2, 0) is 17.9 Å². The molecule has 2 aliphatic rings. The van der Waals surface area contributed by atoms with Crippen LogP contribution < -0.4 is 10.1 Å². The van der Waals surface area contributed by atoms with E-state index in [0.29, 0.717) is 13.2 Å². The van der Waals surface area contributed by atoms with Gasteiger partial charge >= 0.3 is 0 Å². The molecule has 1 N–H and O–H groups in total. The predicted octanol–water partition coefficient (Wildman–Crippen LogP) is 1.43. The summed E-state index contributed by atoms with van der Waals surface area (Å²) in [5, 5.41) is 11.5. The van der Waals surface area contributed by atoms with Gasteiger partial charge in [-0.1, -0.05) is 18.2 Å². The summed E-state index contributed by atoms with van der Waals surface area (Å²) < 4.78 is 7.79. The summed E-state index contributed by atoms with van der Waals surface area (Å²) in [4.78, 5) is 15.0. The van der Waals surface area contributed by atoms with Gasteiger partial charge in [0.25, 0.3) is 0 Å². The van der Waals surface area contributed by atoms with E-state index in [1.165, 1.54) is 0 Å². The Morgan fingerprint density at radius 2 is 2.16 bits per heavy atom. The minimum Gasteiger partial charge on any atom is -0.493 e. The summed E-state index contributed by atoms with van der Waals surface area (Å²) in [6.07, 6.45) is 0.795. The molecule has 0 saturated carbocycles. The summed E-state index contributed by atoms with van der Waals surface area (Å²) in [7, 11) is 0. The molecule has 3 heterocycles. The molecule has 2 aliphatic heterocycles. The Bertz CT molecular complexity index is 788. The van der Waals surface area contributed by atoms with Crippen LogP contribution in [0.4, 0.5) is 0 Å². The summed E-state index contributed by atoms with van der Waals surface area (Å²) in [6.45, 7) is 6.85. The average Bonchev–Trinajstić information content (AvgIpc) is 3.02. The second kappa shape index (κ2) is 6.48. The van der Waals surface area contributed by atoms with Crippen molar-refractivity contribution in [2.75, 3.05) is 13.2 Å². The topological polar surface area (TPSA) is 72.3 Å². The lowest BCUT2D eigenvalue weighted by atomic mass is 10.00. The highest BCUT2D eigenvalue weighted by Gasteiger charge is 2.30. The zero-order chi connectivity index (χ0) is 17.4. The molecule has 2 aromatic rings. The lowest BCUT2D eigenvalue weighted by Gasteiger charge is -2.33. The first-order chi connectivity index (χ1) is 12.1. The number of nitrogens with one attached hydrogen (secondary N) is 1. The Labute approximate surface area is 147 Å². The van der Waals surface area contributed by atoms with E-state index in [4.69, 9.17) is 4.74 Å². The molecular formula is C18H23N5O2. The molecular weight excluding hydrogens is 318 g/mol. The Morgan fingerprint density at radius 3 is 3.04 bits per heavy atom. The molecule has 0 spiro atoms. The van der Waals surface area contributed by atoms with Crippen molar-refractivity contribution in [1.82, 2.24) is 25.0 Å². The molecule has 1 amide bonds. The molecule has 0 radical (unpaired) electrons. The minimum atomic E-state index is -0.208. The first-order valence-electron chi connectivity index (χ1n) is 8.78. The lowest BCUT2D eigenvalue weighted by molar-refractivity contribution is -0.127. The molecule has 4 rings (SSSR count). The third kappa shape index (κ3) is 3.00. The number of carbonyl (C=O) groups excluding carboxylic acids is 1. The normalized spacial score (nSPS) is 21.0. The molecule has 1 aromatic carbocycles. The zero-order valence-corrected chi connectivity index (χ0v) is 14.6. The van der Waals surface area contributed by atoms with Crippen LogP contribution in [0.5, 0.6) is 5.75 Å². The van der Waals surface area contributed by atoms with Gasteiger partial charge in [-0.15, -0.1) is 10.2 Å². The smallest absolute Gasteiger partial charge is 0.237 e. The van der Waals surface area contributed by atoms with Gasteiger partial charge in [-0.25, -0.2) is 0 Å². The van der Waals surface area contributed by atoms with Crippen molar-refractivity contribution >= 4 is 5.91 Å². The van der Waals surface area contributed by atoms with Gasteiger partial charge in [0, 0.05) is 25.1 Å². The number of ether oxygens (including phenoxy) is 1. The van der Waals surface area contributed by atoms with Crippen LogP contribution in [0, 0.1) is 6.92 Å². The second-order valence-electron chi connectivity index (χ2n) is 6.70.